The molecule has 1 fully saturated rings. The SMILES string of the molecule is NS(=O)(=O)NC[C@@H]1C[C@H](S)CN1. The van der Waals surface area contributed by atoms with Crippen LogP contribution in [0.1, 0.15) is 6.42 Å². The summed E-state index contributed by atoms with van der Waals surface area (Å²) in [6.07, 6.45) is 0.867. The zero-order valence-electron chi connectivity index (χ0n) is 6.53. The van der Waals surface area contributed by atoms with Crippen LogP contribution >= 0.6 is 12.6 Å². The van der Waals surface area contributed by atoms with E-state index in [2.05, 4.69) is 22.7 Å². The number of nitrogens with two attached hydrogens (primary N) is 1. The lowest BCUT2D eigenvalue weighted by Gasteiger charge is -2.09. The first-order chi connectivity index (χ1) is 5.47. The third kappa shape index (κ3) is 3.72. The lowest BCUT2D eigenvalue weighted by molar-refractivity contribution is 0.553. The van der Waals surface area contributed by atoms with Crippen molar-refractivity contribution in [2.75, 3.05) is 13.1 Å². The normalized spacial score (nSPS) is 30.8. The molecule has 2 atom stereocenters. The predicted molar refractivity (Wildman–Crippen MR) is 50.3 cm³/mol. The first-order valence-electron chi connectivity index (χ1n) is 3.66. The van der Waals surface area contributed by atoms with Gasteiger partial charge in [-0.25, -0.2) is 9.86 Å². The molecule has 0 radical (unpaired) electrons. The number of nitrogens with one attached hydrogen (secondary N) is 2. The van der Waals surface area contributed by atoms with Crippen molar-refractivity contribution >= 4 is 22.8 Å². The van der Waals surface area contributed by atoms with E-state index in [0.717, 1.165) is 13.0 Å². The monoisotopic (exact) mass is 211 g/mol. The van der Waals surface area contributed by atoms with Gasteiger partial charge < -0.3 is 5.32 Å². The smallest absolute Gasteiger partial charge is 0.274 e. The van der Waals surface area contributed by atoms with E-state index in [0.29, 0.717) is 11.8 Å². The largest absolute Gasteiger partial charge is 0.312 e. The molecule has 0 aromatic heterocycles. The topological polar surface area (TPSA) is 84.2 Å². The second kappa shape index (κ2) is 3.93. The molecule has 0 spiro atoms. The average molecular weight is 211 g/mol. The molecule has 0 bridgehead atoms. The summed E-state index contributed by atoms with van der Waals surface area (Å²) < 4.78 is 23.2. The van der Waals surface area contributed by atoms with Crippen LogP contribution in [0.4, 0.5) is 0 Å². The highest BCUT2D eigenvalue weighted by molar-refractivity contribution is 7.87. The summed E-state index contributed by atoms with van der Waals surface area (Å²) in [7, 11) is -3.54. The Balaban J connectivity index is 2.25. The van der Waals surface area contributed by atoms with Gasteiger partial charge in [-0.2, -0.15) is 21.0 Å². The lowest BCUT2D eigenvalue weighted by Crippen LogP contribution is -2.40. The van der Waals surface area contributed by atoms with Gasteiger partial charge >= 0.3 is 0 Å². The van der Waals surface area contributed by atoms with Gasteiger partial charge in [-0.3, -0.25) is 0 Å². The van der Waals surface area contributed by atoms with Gasteiger partial charge in [-0.05, 0) is 6.42 Å². The van der Waals surface area contributed by atoms with Gasteiger partial charge in [-0.15, -0.1) is 0 Å². The zero-order chi connectivity index (χ0) is 9.19. The maximum absolute atomic E-state index is 10.5. The summed E-state index contributed by atoms with van der Waals surface area (Å²) in [4.78, 5) is 0. The minimum atomic E-state index is -3.54. The van der Waals surface area contributed by atoms with Gasteiger partial charge in [0.1, 0.15) is 0 Å². The van der Waals surface area contributed by atoms with Crippen LogP contribution in [0.2, 0.25) is 0 Å². The van der Waals surface area contributed by atoms with Gasteiger partial charge in [0.25, 0.3) is 10.2 Å². The Morgan fingerprint density at radius 2 is 2.33 bits per heavy atom. The van der Waals surface area contributed by atoms with E-state index in [9.17, 15) is 8.42 Å². The highest BCUT2D eigenvalue weighted by atomic mass is 32.2. The van der Waals surface area contributed by atoms with E-state index in [1.807, 2.05) is 0 Å². The lowest BCUT2D eigenvalue weighted by atomic mass is 10.2. The van der Waals surface area contributed by atoms with Crippen molar-refractivity contribution in [2.24, 2.45) is 5.14 Å². The Morgan fingerprint density at radius 3 is 2.75 bits per heavy atom. The van der Waals surface area contributed by atoms with Gasteiger partial charge in [-0.1, -0.05) is 0 Å². The molecule has 72 valence electrons. The molecule has 4 N–H and O–H groups in total. The Morgan fingerprint density at radius 1 is 1.67 bits per heavy atom. The summed E-state index contributed by atoms with van der Waals surface area (Å²) in [5, 5.41) is 8.20. The van der Waals surface area contributed by atoms with Crippen molar-refractivity contribution in [1.82, 2.24) is 10.0 Å². The fraction of sp³-hybridized carbons (Fsp3) is 1.00. The summed E-state index contributed by atoms with van der Waals surface area (Å²) in [6.45, 7) is 1.16. The van der Waals surface area contributed by atoms with Crippen LogP contribution in [0, 0.1) is 0 Å². The quantitative estimate of drug-likeness (QED) is 0.426. The van der Waals surface area contributed by atoms with Gasteiger partial charge in [0.2, 0.25) is 0 Å². The minimum Gasteiger partial charge on any atom is -0.312 e. The molecule has 7 heteroatoms. The van der Waals surface area contributed by atoms with Crippen molar-refractivity contribution in [3.8, 4) is 0 Å². The van der Waals surface area contributed by atoms with Crippen LogP contribution in [0.15, 0.2) is 0 Å². The van der Waals surface area contributed by atoms with Crippen LogP contribution < -0.4 is 15.2 Å². The number of rotatable bonds is 3. The summed E-state index contributed by atoms with van der Waals surface area (Å²) in [6, 6.07) is 0.158. The molecule has 1 aliphatic rings. The van der Waals surface area contributed by atoms with Crippen LogP contribution in [0.5, 0.6) is 0 Å². The Hall–Kier alpha value is 0.180. The first-order valence-corrected chi connectivity index (χ1v) is 5.72. The first kappa shape index (κ1) is 10.3. The van der Waals surface area contributed by atoms with Gasteiger partial charge in [0, 0.05) is 24.4 Å². The van der Waals surface area contributed by atoms with E-state index in [1.54, 1.807) is 0 Å². The maximum Gasteiger partial charge on any atom is 0.274 e. The standard InChI is InChI=1S/C5H13N3O2S2/c6-12(9,10)8-2-4-1-5(11)3-7-4/h4-5,7-8,11H,1-3H2,(H2,6,9,10)/t4-,5-/m0/s1. The second-order valence-corrected chi connectivity index (χ2v) is 5.00. The highest BCUT2D eigenvalue weighted by Crippen LogP contribution is 2.10. The molecule has 1 aliphatic heterocycles. The molecule has 1 rings (SSSR count). The van der Waals surface area contributed by atoms with Crippen molar-refractivity contribution < 1.29 is 8.42 Å². The third-order valence-electron chi connectivity index (χ3n) is 1.73. The van der Waals surface area contributed by atoms with Crippen molar-refractivity contribution in [2.45, 2.75) is 17.7 Å². The average Bonchev–Trinajstić information content (AvgIpc) is 2.30. The van der Waals surface area contributed by atoms with E-state index in [4.69, 9.17) is 5.14 Å². The third-order valence-corrected chi connectivity index (χ3v) is 2.69. The molecule has 1 heterocycles. The van der Waals surface area contributed by atoms with Crippen molar-refractivity contribution in [1.29, 1.82) is 0 Å². The number of thiol groups is 1. The Kier molecular flexibility index (Phi) is 3.36. The number of hydrogen-bond donors (Lipinski definition) is 4. The molecule has 5 nitrogen and oxygen atoms in total. The maximum atomic E-state index is 10.5. The number of hydrogen-bond acceptors (Lipinski definition) is 4. The fourth-order valence-electron chi connectivity index (χ4n) is 1.17. The molecule has 0 amide bonds. The highest BCUT2D eigenvalue weighted by Gasteiger charge is 2.21. The molecule has 0 saturated carbocycles. The molecule has 0 aliphatic carbocycles. The molecule has 0 aromatic rings. The molecule has 0 unspecified atom stereocenters. The predicted octanol–water partition coefficient (Wildman–Crippen LogP) is -1.56. The van der Waals surface area contributed by atoms with E-state index >= 15 is 0 Å². The summed E-state index contributed by atoms with van der Waals surface area (Å²) in [5.74, 6) is 0. The van der Waals surface area contributed by atoms with Crippen LogP contribution in [-0.2, 0) is 10.2 Å². The molecular weight excluding hydrogens is 198 g/mol. The van der Waals surface area contributed by atoms with E-state index in [-0.39, 0.29) is 6.04 Å². The van der Waals surface area contributed by atoms with Crippen LogP contribution in [-0.4, -0.2) is 32.8 Å². The van der Waals surface area contributed by atoms with Crippen LogP contribution in [0.3, 0.4) is 0 Å². The van der Waals surface area contributed by atoms with Gasteiger partial charge in [0.05, 0.1) is 0 Å². The molecule has 12 heavy (non-hydrogen) atoms. The van der Waals surface area contributed by atoms with E-state index in [1.165, 1.54) is 0 Å². The van der Waals surface area contributed by atoms with Crippen molar-refractivity contribution in [3.05, 3.63) is 0 Å². The Labute approximate surface area is 77.7 Å². The minimum absolute atomic E-state index is 0.158. The molecule has 1 saturated heterocycles. The summed E-state index contributed by atoms with van der Waals surface area (Å²) in [5.41, 5.74) is 0. The fourth-order valence-corrected chi connectivity index (χ4v) is 1.96. The zero-order valence-corrected chi connectivity index (χ0v) is 8.24. The molecular formula is C5H13N3O2S2. The summed E-state index contributed by atoms with van der Waals surface area (Å²) >= 11 is 4.25. The Bertz CT molecular complexity index is 241. The second-order valence-electron chi connectivity index (χ2n) is 2.89. The van der Waals surface area contributed by atoms with Gasteiger partial charge in [0.15, 0.2) is 0 Å². The van der Waals surface area contributed by atoms with Crippen molar-refractivity contribution in [3.63, 3.8) is 0 Å². The molecule has 0 aromatic carbocycles. The van der Waals surface area contributed by atoms with E-state index < -0.39 is 10.2 Å². The van der Waals surface area contributed by atoms with Crippen LogP contribution in [0.25, 0.3) is 0 Å².